The third kappa shape index (κ3) is 2.79. The van der Waals surface area contributed by atoms with Crippen molar-refractivity contribution in [2.75, 3.05) is 11.9 Å². The summed E-state index contributed by atoms with van der Waals surface area (Å²) in [4.78, 5) is 0. The molecule has 0 saturated heterocycles. The summed E-state index contributed by atoms with van der Waals surface area (Å²) in [6.45, 7) is 0.990. The number of hydrogen-bond donors (Lipinski definition) is 1. The van der Waals surface area contributed by atoms with E-state index < -0.39 is 0 Å². The van der Waals surface area contributed by atoms with Crippen molar-refractivity contribution < 1.29 is 0 Å². The van der Waals surface area contributed by atoms with Crippen LogP contribution in [0.4, 0.5) is 5.69 Å². The molecule has 1 saturated carbocycles. The van der Waals surface area contributed by atoms with Crippen LogP contribution in [0.25, 0.3) is 0 Å². The van der Waals surface area contributed by atoms with Crippen LogP contribution in [0.2, 0.25) is 10.0 Å². The smallest absolute Gasteiger partial charge is 0.0719 e. The van der Waals surface area contributed by atoms with Gasteiger partial charge in [-0.05, 0) is 30.9 Å². The van der Waals surface area contributed by atoms with E-state index in [2.05, 4.69) is 5.32 Å². The Kier molecular flexibility index (Phi) is 3.76. The van der Waals surface area contributed by atoms with Crippen LogP contribution in [0, 0.1) is 5.92 Å². The Morgan fingerprint density at radius 1 is 1.13 bits per heavy atom. The standard InChI is InChI=1S/C12H15Cl2N/c13-10-6-3-7-11(14)12(10)15-8-9-4-1-2-5-9/h3,6-7,9,15H,1-2,4-5,8H2. The van der Waals surface area contributed by atoms with Gasteiger partial charge < -0.3 is 5.32 Å². The van der Waals surface area contributed by atoms with Crippen LogP contribution in [0.5, 0.6) is 0 Å². The number of rotatable bonds is 3. The predicted octanol–water partition coefficient (Wildman–Crippen LogP) is 4.60. The highest BCUT2D eigenvalue weighted by molar-refractivity contribution is 6.39. The van der Waals surface area contributed by atoms with Crippen molar-refractivity contribution in [2.24, 2.45) is 5.92 Å². The molecule has 1 aliphatic rings. The largest absolute Gasteiger partial charge is 0.382 e. The summed E-state index contributed by atoms with van der Waals surface area (Å²) >= 11 is 12.1. The van der Waals surface area contributed by atoms with E-state index in [4.69, 9.17) is 23.2 Å². The van der Waals surface area contributed by atoms with Crippen molar-refractivity contribution in [3.8, 4) is 0 Å². The second-order valence-electron chi connectivity index (χ2n) is 4.13. The van der Waals surface area contributed by atoms with Crippen LogP contribution < -0.4 is 5.32 Å². The van der Waals surface area contributed by atoms with Gasteiger partial charge in [-0.2, -0.15) is 0 Å². The summed E-state index contributed by atoms with van der Waals surface area (Å²) in [6.07, 6.45) is 5.38. The Morgan fingerprint density at radius 3 is 2.33 bits per heavy atom. The molecule has 0 aliphatic heterocycles. The molecule has 0 unspecified atom stereocenters. The maximum atomic E-state index is 6.07. The molecular weight excluding hydrogens is 229 g/mol. The normalized spacial score (nSPS) is 16.9. The average molecular weight is 244 g/mol. The second kappa shape index (κ2) is 5.09. The molecule has 3 heteroatoms. The van der Waals surface area contributed by atoms with E-state index in [0.717, 1.165) is 18.2 Å². The Balaban J connectivity index is 1.97. The van der Waals surface area contributed by atoms with E-state index in [-0.39, 0.29) is 0 Å². The van der Waals surface area contributed by atoms with E-state index in [1.807, 2.05) is 18.2 Å². The lowest BCUT2D eigenvalue weighted by molar-refractivity contribution is 0.580. The van der Waals surface area contributed by atoms with Gasteiger partial charge in [0.2, 0.25) is 0 Å². The Bertz CT molecular complexity index is 312. The monoisotopic (exact) mass is 243 g/mol. The highest BCUT2D eigenvalue weighted by atomic mass is 35.5. The van der Waals surface area contributed by atoms with Gasteiger partial charge in [0.15, 0.2) is 0 Å². The van der Waals surface area contributed by atoms with Gasteiger partial charge in [-0.3, -0.25) is 0 Å². The molecule has 1 aromatic rings. The first kappa shape index (κ1) is 11.1. The van der Waals surface area contributed by atoms with Crippen LogP contribution in [-0.4, -0.2) is 6.54 Å². The zero-order chi connectivity index (χ0) is 10.7. The first-order valence-corrected chi connectivity index (χ1v) is 6.21. The molecule has 0 amide bonds. The molecule has 0 atom stereocenters. The fourth-order valence-corrected chi connectivity index (χ4v) is 2.66. The van der Waals surface area contributed by atoms with Gasteiger partial charge in [-0.1, -0.05) is 42.1 Å². The first-order valence-electron chi connectivity index (χ1n) is 5.45. The van der Waals surface area contributed by atoms with Crippen molar-refractivity contribution >= 4 is 28.9 Å². The van der Waals surface area contributed by atoms with Gasteiger partial charge in [0.1, 0.15) is 0 Å². The topological polar surface area (TPSA) is 12.0 Å². The summed E-state index contributed by atoms with van der Waals surface area (Å²) in [6, 6.07) is 5.60. The molecule has 0 aromatic heterocycles. The van der Waals surface area contributed by atoms with Crippen LogP contribution in [-0.2, 0) is 0 Å². The van der Waals surface area contributed by atoms with Gasteiger partial charge in [-0.15, -0.1) is 0 Å². The second-order valence-corrected chi connectivity index (χ2v) is 4.94. The molecule has 1 aromatic carbocycles. The van der Waals surface area contributed by atoms with Crippen LogP contribution in [0.3, 0.4) is 0 Å². The molecule has 82 valence electrons. The lowest BCUT2D eigenvalue weighted by atomic mass is 10.1. The Hall–Kier alpha value is -0.400. The number of para-hydroxylation sites is 1. The first-order chi connectivity index (χ1) is 7.27. The lowest BCUT2D eigenvalue weighted by Gasteiger charge is -2.14. The van der Waals surface area contributed by atoms with E-state index in [1.165, 1.54) is 25.7 Å². The third-order valence-electron chi connectivity index (χ3n) is 3.01. The van der Waals surface area contributed by atoms with Gasteiger partial charge in [0, 0.05) is 6.54 Å². The summed E-state index contributed by atoms with van der Waals surface area (Å²) < 4.78 is 0. The minimum Gasteiger partial charge on any atom is -0.382 e. The fourth-order valence-electron chi connectivity index (χ4n) is 2.13. The highest BCUT2D eigenvalue weighted by Gasteiger charge is 2.15. The van der Waals surface area contributed by atoms with E-state index in [0.29, 0.717) is 10.0 Å². The fraction of sp³-hybridized carbons (Fsp3) is 0.500. The third-order valence-corrected chi connectivity index (χ3v) is 3.63. The average Bonchev–Trinajstić information content (AvgIpc) is 2.70. The zero-order valence-corrected chi connectivity index (χ0v) is 10.1. The van der Waals surface area contributed by atoms with Crippen LogP contribution >= 0.6 is 23.2 Å². The van der Waals surface area contributed by atoms with Gasteiger partial charge >= 0.3 is 0 Å². The molecule has 15 heavy (non-hydrogen) atoms. The summed E-state index contributed by atoms with van der Waals surface area (Å²) in [7, 11) is 0. The summed E-state index contributed by atoms with van der Waals surface area (Å²) in [5.74, 6) is 0.789. The SMILES string of the molecule is Clc1cccc(Cl)c1NCC1CCCC1. The lowest BCUT2D eigenvalue weighted by Crippen LogP contribution is -2.11. The number of halogens is 2. The molecule has 1 aliphatic carbocycles. The molecule has 0 spiro atoms. The molecule has 1 fully saturated rings. The van der Waals surface area contributed by atoms with Crippen molar-refractivity contribution in [1.29, 1.82) is 0 Å². The quantitative estimate of drug-likeness (QED) is 0.819. The zero-order valence-electron chi connectivity index (χ0n) is 8.60. The van der Waals surface area contributed by atoms with Crippen LogP contribution in [0.1, 0.15) is 25.7 Å². The molecule has 1 N–H and O–H groups in total. The molecule has 0 radical (unpaired) electrons. The van der Waals surface area contributed by atoms with E-state index >= 15 is 0 Å². The maximum absolute atomic E-state index is 6.07. The van der Waals surface area contributed by atoms with Gasteiger partial charge in [-0.25, -0.2) is 0 Å². The number of hydrogen-bond acceptors (Lipinski definition) is 1. The number of anilines is 1. The van der Waals surface area contributed by atoms with Crippen LogP contribution in [0.15, 0.2) is 18.2 Å². The van der Waals surface area contributed by atoms with Crippen molar-refractivity contribution in [1.82, 2.24) is 0 Å². The maximum Gasteiger partial charge on any atom is 0.0719 e. The van der Waals surface area contributed by atoms with Gasteiger partial charge in [0.25, 0.3) is 0 Å². The van der Waals surface area contributed by atoms with E-state index in [1.54, 1.807) is 0 Å². The van der Waals surface area contributed by atoms with Gasteiger partial charge in [0.05, 0.1) is 15.7 Å². The van der Waals surface area contributed by atoms with Crippen molar-refractivity contribution in [2.45, 2.75) is 25.7 Å². The molecular formula is C12H15Cl2N. The Labute approximate surface area is 101 Å². The molecule has 2 rings (SSSR count). The number of benzene rings is 1. The highest BCUT2D eigenvalue weighted by Crippen LogP contribution is 2.31. The van der Waals surface area contributed by atoms with Crippen molar-refractivity contribution in [3.05, 3.63) is 28.2 Å². The minimum absolute atomic E-state index is 0.709. The molecule has 0 heterocycles. The number of nitrogens with one attached hydrogen (secondary N) is 1. The van der Waals surface area contributed by atoms with Crippen molar-refractivity contribution in [3.63, 3.8) is 0 Å². The predicted molar refractivity (Wildman–Crippen MR) is 66.9 cm³/mol. The summed E-state index contributed by atoms with van der Waals surface area (Å²) in [5.41, 5.74) is 0.882. The summed E-state index contributed by atoms with van der Waals surface area (Å²) in [5, 5.41) is 4.78. The minimum atomic E-state index is 0.709. The van der Waals surface area contributed by atoms with E-state index in [9.17, 15) is 0 Å². The Morgan fingerprint density at radius 2 is 1.73 bits per heavy atom. The molecule has 1 nitrogen and oxygen atoms in total. The molecule has 0 bridgehead atoms.